The topological polar surface area (TPSA) is 48.5 Å². The Balaban J connectivity index is 2.21. The highest BCUT2D eigenvalue weighted by atomic mass is 32.1. The Hall–Kier alpha value is -2.13. The Morgan fingerprint density at radius 1 is 1.23 bits per heavy atom. The van der Waals surface area contributed by atoms with Crippen molar-refractivity contribution in [2.24, 2.45) is 0 Å². The Labute approximate surface area is 179 Å². The first-order valence-electron chi connectivity index (χ1n) is 9.94. The minimum absolute atomic E-state index is 0.321. The van der Waals surface area contributed by atoms with Gasteiger partial charge in [0.2, 0.25) is 0 Å². The lowest BCUT2D eigenvalue weighted by Crippen LogP contribution is -2.28. The standard InChI is InChI=1S/C21H29F3N4OS/c1-6-28(7-2)12-11-17-26-19(21(22,23)24)18(30-17)20(29)25-14(3)15-9-8-10-16(13-15)27(4)5/h8-10,13-14H,6-7,11-12H2,1-5H3,(H,25,29). The van der Waals surface area contributed by atoms with Gasteiger partial charge < -0.3 is 15.1 Å². The number of carbonyl (C=O) groups excluding carboxylic acids is 1. The summed E-state index contributed by atoms with van der Waals surface area (Å²) in [5, 5.41) is 3.02. The van der Waals surface area contributed by atoms with Gasteiger partial charge in [0, 0.05) is 32.7 Å². The van der Waals surface area contributed by atoms with Crippen molar-refractivity contribution in [3.8, 4) is 0 Å². The summed E-state index contributed by atoms with van der Waals surface area (Å²) >= 11 is 0.825. The number of anilines is 1. The number of likely N-dealkylation sites (N-methyl/N-ethyl adjacent to an activating group) is 1. The lowest BCUT2D eigenvalue weighted by atomic mass is 10.1. The monoisotopic (exact) mass is 442 g/mol. The number of nitrogens with one attached hydrogen (secondary N) is 1. The zero-order valence-electron chi connectivity index (χ0n) is 18.0. The molecule has 0 fully saturated rings. The minimum Gasteiger partial charge on any atom is -0.378 e. The highest BCUT2D eigenvalue weighted by molar-refractivity contribution is 7.13. The number of aromatic nitrogens is 1. The van der Waals surface area contributed by atoms with E-state index >= 15 is 0 Å². The first-order chi connectivity index (χ1) is 14.1. The number of thiazole rings is 1. The highest BCUT2D eigenvalue weighted by Gasteiger charge is 2.39. The van der Waals surface area contributed by atoms with E-state index in [0.29, 0.717) is 18.0 Å². The van der Waals surface area contributed by atoms with Gasteiger partial charge in [-0.1, -0.05) is 26.0 Å². The molecule has 0 saturated heterocycles. The van der Waals surface area contributed by atoms with E-state index in [0.717, 1.165) is 35.7 Å². The lowest BCUT2D eigenvalue weighted by molar-refractivity contribution is -0.141. The van der Waals surface area contributed by atoms with Crippen molar-refractivity contribution in [2.75, 3.05) is 38.6 Å². The molecule has 166 valence electrons. The summed E-state index contributed by atoms with van der Waals surface area (Å²) in [5.74, 6) is -0.753. The molecule has 1 aromatic carbocycles. The third-order valence-corrected chi connectivity index (χ3v) is 6.03. The van der Waals surface area contributed by atoms with Crippen LogP contribution in [0.4, 0.5) is 18.9 Å². The molecule has 5 nitrogen and oxygen atoms in total. The molecule has 0 aliphatic rings. The van der Waals surface area contributed by atoms with E-state index in [1.165, 1.54) is 0 Å². The maximum absolute atomic E-state index is 13.5. The van der Waals surface area contributed by atoms with E-state index in [-0.39, 0.29) is 4.88 Å². The summed E-state index contributed by atoms with van der Waals surface area (Å²) in [6.45, 7) is 7.97. The third-order valence-electron chi connectivity index (χ3n) is 4.92. The normalized spacial score (nSPS) is 12.8. The number of amides is 1. The summed E-state index contributed by atoms with van der Waals surface area (Å²) in [6, 6.07) is 7.07. The number of carbonyl (C=O) groups is 1. The van der Waals surface area contributed by atoms with Crippen molar-refractivity contribution in [3.63, 3.8) is 0 Å². The molecule has 0 radical (unpaired) electrons. The number of rotatable bonds is 9. The quantitative estimate of drug-likeness (QED) is 0.617. The van der Waals surface area contributed by atoms with Gasteiger partial charge in [0.25, 0.3) is 5.91 Å². The number of alkyl halides is 3. The van der Waals surface area contributed by atoms with Crippen LogP contribution < -0.4 is 10.2 Å². The van der Waals surface area contributed by atoms with Crippen LogP contribution in [0.5, 0.6) is 0 Å². The molecule has 0 saturated carbocycles. The summed E-state index contributed by atoms with van der Waals surface area (Å²) in [7, 11) is 3.80. The molecule has 1 aromatic heterocycles. The molecule has 1 N–H and O–H groups in total. The lowest BCUT2D eigenvalue weighted by Gasteiger charge is -2.18. The van der Waals surface area contributed by atoms with E-state index in [4.69, 9.17) is 0 Å². The number of hydrogen-bond donors (Lipinski definition) is 1. The fourth-order valence-electron chi connectivity index (χ4n) is 3.03. The molecule has 0 aliphatic heterocycles. The number of hydrogen-bond acceptors (Lipinski definition) is 5. The number of halogens is 3. The van der Waals surface area contributed by atoms with Crippen molar-refractivity contribution in [3.05, 3.63) is 45.4 Å². The molecule has 0 bridgehead atoms. The molecular weight excluding hydrogens is 413 g/mol. The first-order valence-corrected chi connectivity index (χ1v) is 10.8. The molecule has 30 heavy (non-hydrogen) atoms. The van der Waals surface area contributed by atoms with E-state index in [2.05, 4.69) is 15.2 Å². The maximum Gasteiger partial charge on any atom is 0.435 e. The van der Waals surface area contributed by atoms with Gasteiger partial charge in [-0.15, -0.1) is 11.3 Å². The minimum atomic E-state index is -4.68. The van der Waals surface area contributed by atoms with Gasteiger partial charge in [-0.05, 0) is 37.7 Å². The molecule has 0 spiro atoms. The molecule has 2 rings (SSSR count). The van der Waals surface area contributed by atoms with E-state index in [1.54, 1.807) is 6.92 Å². The second-order valence-corrected chi connectivity index (χ2v) is 8.33. The van der Waals surface area contributed by atoms with Gasteiger partial charge >= 0.3 is 6.18 Å². The average molecular weight is 443 g/mol. The van der Waals surface area contributed by atoms with Crippen LogP contribution in [-0.2, 0) is 12.6 Å². The Morgan fingerprint density at radius 2 is 1.90 bits per heavy atom. The Kier molecular flexibility index (Phi) is 8.25. The average Bonchev–Trinajstić information content (AvgIpc) is 3.14. The van der Waals surface area contributed by atoms with Crippen molar-refractivity contribution < 1.29 is 18.0 Å². The first kappa shape index (κ1) is 24.1. The summed E-state index contributed by atoms with van der Waals surface area (Å²) in [5.41, 5.74) is 0.657. The van der Waals surface area contributed by atoms with Crippen LogP contribution in [0.3, 0.4) is 0 Å². The molecule has 0 aliphatic carbocycles. The SMILES string of the molecule is CCN(CC)CCc1nc(C(F)(F)F)c(C(=O)NC(C)c2cccc(N(C)C)c2)s1. The summed E-state index contributed by atoms with van der Waals surface area (Å²) in [4.78, 5) is 20.1. The molecule has 1 heterocycles. The molecule has 1 atom stereocenters. The molecular formula is C21H29F3N4OS. The van der Waals surface area contributed by atoms with Gasteiger partial charge in [-0.25, -0.2) is 4.98 Å². The molecule has 2 aromatic rings. The highest BCUT2D eigenvalue weighted by Crippen LogP contribution is 2.35. The van der Waals surface area contributed by atoms with Crippen molar-refractivity contribution in [2.45, 2.75) is 39.4 Å². The van der Waals surface area contributed by atoms with Gasteiger partial charge in [-0.2, -0.15) is 13.2 Å². The fraction of sp³-hybridized carbons (Fsp3) is 0.524. The van der Waals surface area contributed by atoms with Crippen LogP contribution in [0.25, 0.3) is 0 Å². The van der Waals surface area contributed by atoms with Crippen LogP contribution in [0.2, 0.25) is 0 Å². The number of nitrogens with zero attached hydrogens (tertiary/aromatic N) is 3. The number of benzene rings is 1. The summed E-state index contributed by atoms with van der Waals surface area (Å²) < 4.78 is 40.5. The van der Waals surface area contributed by atoms with E-state index in [1.807, 2.05) is 57.1 Å². The van der Waals surface area contributed by atoms with Crippen LogP contribution in [0.1, 0.15) is 52.7 Å². The van der Waals surface area contributed by atoms with Gasteiger partial charge in [0.15, 0.2) is 5.69 Å². The molecule has 1 unspecified atom stereocenters. The fourth-order valence-corrected chi connectivity index (χ4v) is 4.00. The van der Waals surface area contributed by atoms with Crippen molar-refractivity contribution in [1.82, 2.24) is 15.2 Å². The zero-order valence-corrected chi connectivity index (χ0v) is 18.8. The zero-order chi connectivity index (χ0) is 22.5. The molecule has 1 amide bonds. The van der Waals surface area contributed by atoms with E-state index in [9.17, 15) is 18.0 Å². The Morgan fingerprint density at radius 3 is 2.47 bits per heavy atom. The van der Waals surface area contributed by atoms with E-state index < -0.39 is 23.8 Å². The van der Waals surface area contributed by atoms with Crippen molar-refractivity contribution >= 4 is 22.9 Å². The van der Waals surface area contributed by atoms with Gasteiger partial charge in [0.05, 0.1) is 11.0 Å². The van der Waals surface area contributed by atoms with Crippen molar-refractivity contribution in [1.29, 1.82) is 0 Å². The summed E-state index contributed by atoms with van der Waals surface area (Å²) in [6.07, 6.45) is -4.30. The third kappa shape index (κ3) is 6.18. The largest absolute Gasteiger partial charge is 0.435 e. The van der Waals surface area contributed by atoms with Gasteiger partial charge in [-0.3, -0.25) is 4.79 Å². The van der Waals surface area contributed by atoms with Crippen LogP contribution >= 0.6 is 11.3 Å². The van der Waals surface area contributed by atoms with Crippen LogP contribution in [0.15, 0.2) is 24.3 Å². The molecule has 9 heteroatoms. The predicted molar refractivity (Wildman–Crippen MR) is 115 cm³/mol. The second-order valence-electron chi connectivity index (χ2n) is 7.24. The van der Waals surface area contributed by atoms with Crippen LogP contribution in [-0.4, -0.2) is 49.5 Å². The van der Waals surface area contributed by atoms with Crippen LogP contribution in [0, 0.1) is 0 Å². The smallest absolute Gasteiger partial charge is 0.378 e. The second kappa shape index (κ2) is 10.3. The maximum atomic E-state index is 13.5. The predicted octanol–water partition coefficient (Wildman–Crippen LogP) is 4.60. The Bertz CT molecular complexity index is 847. The van der Waals surface area contributed by atoms with Gasteiger partial charge in [0.1, 0.15) is 4.88 Å².